The van der Waals surface area contributed by atoms with Crippen LogP contribution in [0.5, 0.6) is 0 Å². The third-order valence-corrected chi connectivity index (χ3v) is 4.11. The van der Waals surface area contributed by atoms with Crippen LogP contribution < -0.4 is 0 Å². The Balaban J connectivity index is 3.81. The predicted octanol–water partition coefficient (Wildman–Crippen LogP) is -0.300. The van der Waals surface area contributed by atoms with E-state index in [0.29, 0.717) is 0 Å². The van der Waals surface area contributed by atoms with Crippen molar-refractivity contribution < 1.29 is 52.8 Å². The Kier molecular flexibility index (Phi) is 8.76. The summed E-state index contributed by atoms with van der Waals surface area (Å²) in [7, 11) is 0. The summed E-state index contributed by atoms with van der Waals surface area (Å²) in [5.41, 5.74) is 6.19. The van der Waals surface area contributed by atoms with E-state index < -0.39 is 72.5 Å². The Morgan fingerprint density at radius 1 is 0.742 bits per heavy atom. The third kappa shape index (κ3) is 6.55. The average molecular weight is 445 g/mol. The lowest BCUT2D eigenvalue weighted by Gasteiger charge is -2.51. The van der Waals surface area contributed by atoms with Crippen molar-refractivity contribution in [2.75, 3.05) is 6.54 Å². The fourth-order valence-corrected chi connectivity index (χ4v) is 3.25. The van der Waals surface area contributed by atoms with Gasteiger partial charge in [-0.25, -0.2) is 0 Å². The van der Waals surface area contributed by atoms with Gasteiger partial charge in [-0.1, -0.05) is 5.11 Å². The second-order valence-electron chi connectivity index (χ2n) is 6.66. The molecule has 1 rings (SSSR count). The SMILES string of the molecule is CC(=O)OC1[C@H](OC(C)=O)[C@@H](OC(C)=O)C(O)(CN=[N+]=[N-])[C@@H](OC(C)=O)[C@H]1OC(C)=O. The molecule has 6 atom stereocenters. The fourth-order valence-electron chi connectivity index (χ4n) is 3.25. The molecule has 14 heteroatoms. The van der Waals surface area contributed by atoms with Gasteiger partial charge in [0.05, 0.1) is 6.54 Å². The summed E-state index contributed by atoms with van der Waals surface area (Å²) in [6.07, 6.45) is -8.80. The summed E-state index contributed by atoms with van der Waals surface area (Å²) in [4.78, 5) is 61.2. The van der Waals surface area contributed by atoms with Gasteiger partial charge in [0.1, 0.15) is 0 Å². The third-order valence-electron chi connectivity index (χ3n) is 4.11. The van der Waals surface area contributed by atoms with Gasteiger partial charge in [-0.3, -0.25) is 24.0 Å². The van der Waals surface area contributed by atoms with Crippen molar-refractivity contribution >= 4 is 29.8 Å². The Hall–Kier alpha value is -3.38. The van der Waals surface area contributed by atoms with Crippen LogP contribution in [0.3, 0.4) is 0 Å². The molecular weight excluding hydrogens is 422 g/mol. The molecule has 1 fully saturated rings. The summed E-state index contributed by atoms with van der Waals surface area (Å²) in [5.74, 6) is -4.70. The highest BCUT2D eigenvalue weighted by Crippen LogP contribution is 2.39. The number of rotatable bonds is 7. The minimum atomic E-state index is -2.54. The molecule has 14 nitrogen and oxygen atoms in total. The highest BCUT2D eigenvalue weighted by Gasteiger charge is 2.66. The van der Waals surface area contributed by atoms with Gasteiger partial charge in [-0.05, 0) is 5.53 Å². The normalized spacial score (nSPS) is 29.5. The standard InChI is InChI=1S/C17H23N3O11/c1-7(21)27-12-13(28-8(2)22)15(30-10(4)24)17(26,6-19-20-18)16(31-11(5)25)14(12)29-9(3)23/h12-16,26H,6H2,1-5H3/t12?,13-,14-,15-,16+,17?/m0/s1. The molecule has 1 aliphatic carbocycles. The average Bonchev–Trinajstić information content (AvgIpc) is 2.61. The number of esters is 5. The van der Waals surface area contributed by atoms with Crippen LogP contribution in [0.2, 0.25) is 0 Å². The molecule has 0 saturated heterocycles. The zero-order valence-electron chi connectivity index (χ0n) is 17.5. The molecule has 0 radical (unpaired) electrons. The number of nitrogens with zero attached hydrogens (tertiary/aromatic N) is 3. The summed E-state index contributed by atoms with van der Waals surface area (Å²) < 4.78 is 25.7. The molecular formula is C17H23N3O11. The van der Waals surface area contributed by atoms with Crippen LogP contribution in [0.15, 0.2) is 5.11 Å². The van der Waals surface area contributed by atoms with E-state index in [2.05, 4.69) is 10.0 Å². The van der Waals surface area contributed by atoms with Gasteiger partial charge >= 0.3 is 29.8 Å². The lowest BCUT2D eigenvalue weighted by atomic mass is 9.74. The molecule has 1 saturated carbocycles. The molecule has 1 aliphatic rings. The van der Waals surface area contributed by atoms with E-state index in [1.807, 2.05) is 0 Å². The van der Waals surface area contributed by atoms with E-state index in [0.717, 1.165) is 34.6 Å². The van der Waals surface area contributed by atoms with Crippen LogP contribution >= 0.6 is 0 Å². The molecule has 2 unspecified atom stereocenters. The van der Waals surface area contributed by atoms with Crippen molar-refractivity contribution in [3.8, 4) is 0 Å². The van der Waals surface area contributed by atoms with Gasteiger partial charge < -0.3 is 28.8 Å². The fraction of sp³-hybridized carbons (Fsp3) is 0.706. The maximum Gasteiger partial charge on any atom is 0.303 e. The van der Waals surface area contributed by atoms with Crippen LogP contribution in [0, 0.1) is 0 Å². The Morgan fingerprint density at radius 3 is 1.35 bits per heavy atom. The van der Waals surface area contributed by atoms with E-state index >= 15 is 0 Å². The lowest BCUT2D eigenvalue weighted by molar-refractivity contribution is -0.283. The number of carbonyl (C=O) groups is 5. The smallest absolute Gasteiger partial charge is 0.303 e. The van der Waals surface area contributed by atoms with E-state index in [4.69, 9.17) is 29.2 Å². The number of hydrogen-bond donors (Lipinski definition) is 1. The highest BCUT2D eigenvalue weighted by atomic mass is 16.7. The van der Waals surface area contributed by atoms with Crippen LogP contribution in [0.1, 0.15) is 34.6 Å². The molecule has 0 bridgehead atoms. The van der Waals surface area contributed by atoms with Gasteiger partial charge in [0, 0.05) is 39.5 Å². The highest BCUT2D eigenvalue weighted by molar-refractivity contribution is 5.70. The van der Waals surface area contributed by atoms with E-state index in [1.54, 1.807) is 0 Å². The van der Waals surface area contributed by atoms with Crippen LogP contribution in [-0.2, 0) is 47.7 Å². The molecule has 0 aromatic heterocycles. The van der Waals surface area contributed by atoms with Gasteiger partial charge in [-0.2, -0.15) is 0 Å². The molecule has 172 valence electrons. The van der Waals surface area contributed by atoms with Gasteiger partial charge in [0.2, 0.25) is 0 Å². The van der Waals surface area contributed by atoms with Gasteiger partial charge in [-0.15, -0.1) is 0 Å². The molecule has 0 spiro atoms. The Morgan fingerprint density at radius 2 is 1.06 bits per heavy atom. The summed E-state index contributed by atoms with van der Waals surface area (Å²) in [5, 5.41) is 14.7. The van der Waals surface area contributed by atoms with Crippen molar-refractivity contribution in [2.24, 2.45) is 5.11 Å². The monoisotopic (exact) mass is 445 g/mol. The summed E-state index contributed by atoms with van der Waals surface area (Å²) in [6, 6.07) is 0. The topological polar surface area (TPSA) is 200 Å². The van der Waals surface area contributed by atoms with Crippen molar-refractivity contribution in [3.63, 3.8) is 0 Å². The Bertz CT molecular complexity index is 748. The number of hydrogen-bond acceptors (Lipinski definition) is 12. The maximum absolute atomic E-state index is 11.7. The maximum atomic E-state index is 11.7. The molecule has 0 heterocycles. The first-order chi connectivity index (χ1) is 14.3. The molecule has 31 heavy (non-hydrogen) atoms. The second kappa shape index (κ2) is 10.6. The van der Waals surface area contributed by atoms with Gasteiger partial charge in [0.25, 0.3) is 0 Å². The summed E-state index contributed by atoms with van der Waals surface area (Å²) in [6.45, 7) is 4.05. The summed E-state index contributed by atoms with van der Waals surface area (Å²) >= 11 is 0. The first-order valence-electron chi connectivity index (χ1n) is 8.92. The van der Waals surface area contributed by atoms with E-state index in [9.17, 15) is 29.1 Å². The molecule has 1 N–H and O–H groups in total. The number of aliphatic hydroxyl groups is 1. The van der Waals surface area contributed by atoms with Crippen molar-refractivity contribution in [1.29, 1.82) is 0 Å². The van der Waals surface area contributed by atoms with Crippen molar-refractivity contribution in [3.05, 3.63) is 10.4 Å². The zero-order valence-corrected chi connectivity index (χ0v) is 17.5. The van der Waals surface area contributed by atoms with Crippen LogP contribution in [0.25, 0.3) is 10.4 Å². The first kappa shape index (κ1) is 25.7. The minimum absolute atomic E-state index is 0.859. The quantitative estimate of drug-likeness (QED) is 0.177. The molecule has 0 aromatic carbocycles. The minimum Gasteiger partial charge on any atom is -0.455 e. The van der Waals surface area contributed by atoms with E-state index in [-0.39, 0.29) is 0 Å². The second-order valence-corrected chi connectivity index (χ2v) is 6.66. The molecule has 0 aliphatic heterocycles. The van der Waals surface area contributed by atoms with E-state index in [1.165, 1.54) is 0 Å². The van der Waals surface area contributed by atoms with Crippen LogP contribution in [-0.4, -0.2) is 77.6 Å². The molecule has 0 amide bonds. The zero-order chi connectivity index (χ0) is 23.9. The number of ether oxygens (including phenoxy) is 5. The van der Waals surface area contributed by atoms with Crippen LogP contribution in [0.4, 0.5) is 0 Å². The van der Waals surface area contributed by atoms with Gasteiger partial charge in [0.15, 0.2) is 36.1 Å². The first-order valence-corrected chi connectivity index (χ1v) is 8.92. The number of carbonyl (C=O) groups excluding carboxylic acids is 5. The van der Waals surface area contributed by atoms with Crippen molar-refractivity contribution in [2.45, 2.75) is 70.7 Å². The largest absolute Gasteiger partial charge is 0.455 e. The number of azide groups is 1. The van der Waals surface area contributed by atoms with Crippen molar-refractivity contribution in [1.82, 2.24) is 0 Å². The molecule has 0 aromatic rings. The lowest BCUT2D eigenvalue weighted by Crippen LogP contribution is -2.75. The predicted molar refractivity (Wildman–Crippen MR) is 96.7 cm³/mol. The Labute approximate surface area is 176 Å².